The molecular weight excluding hydrogens is 676 g/mol. The van der Waals surface area contributed by atoms with Crippen molar-refractivity contribution in [3.8, 4) is 0 Å². The van der Waals surface area contributed by atoms with Crippen LogP contribution in [0.5, 0.6) is 0 Å². The molecule has 270 valence electrons. The molecule has 1 saturated heterocycles. The molecule has 0 saturated carbocycles. The fourth-order valence-electron chi connectivity index (χ4n) is 5.17. The Hall–Kier alpha value is -4.96. The predicted molar refractivity (Wildman–Crippen MR) is 175 cm³/mol. The summed E-state index contributed by atoms with van der Waals surface area (Å²) in [5, 5.41) is 5.24. The van der Waals surface area contributed by atoms with Crippen LogP contribution in [0.4, 0.5) is 0 Å². The second kappa shape index (κ2) is 18.2. The summed E-state index contributed by atoms with van der Waals surface area (Å²) in [5.74, 6) is -5.62. The molecule has 16 heteroatoms. The first kappa shape index (κ1) is 39.5. The molecule has 0 spiro atoms. The molecule has 2 N–H and O–H groups in total. The summed E-state index contributed by atoms with van der Waals surface area (Å²) in [4.78, 5) is 87.4. The van der Waals surface area contributed by atoms with Gasteiger partial charge in [0, 0.05) is 44.6 Å². The first-order chi connectivity index (χ1) is 23.6. The van der Waals surface area contributed by atoms with E-state index in [4.69, 9.17) is 28.4 Å². The predicted octanol–water partition coefficient (Wildman–Crippen LogP) is 2.02. The summed E-state index contributed by atoms with van der Waals surface area (Å²) in [6.07, 6.45) is -6.53. The highest BCUT2D eigenvalue weighted by Crippen LogP contribution is 2.46. The molecule has 0 bridgehead atoms. The summed E-state index contributed by atoms with van der Waals surface area (Å²) >= 11 is 0.912. The summed E-state index contributed by atoms with van der Waals surface area (Å²) in [5.41, 5.74) is 1.20. The lowest BCUT2D eigenvalue weighted by Gasteiger charge is -2.48. The third kappa shape index (κ3) is 11.3. The average molecular weight is 717 g/mol. The Morgan fingerprint density at radius 1 is 0.880 bits per heavy atom. The normalized spacial score (nSPS) is 21.0. The van der Waals surface area contributed by atoms with Crippen molar-refractivity contribution in [2.45, 2.75) is 81.3 Å². The van der Waals surface area contributed by atoms with Gasteiger partial charge in [-0.2, -0.15) is 0 Å². The number of rotatable bonds is 14. The summed E-state index contributed by atoms with van der Waals surface area (Å²) in [6, 6.07) is 13.7. The zero-order valence-electron chi connectivity index (χ0n) is 28.4. The van der Waals surface area contributed by atoms with E-state index in [1.165, 1.54) is 0 Å². The number of ether oxygens (including phenoxy) is 6. The SMILES string of the molecule is COC(=O)[C@]1(Sc2ccc(C)cc2)C[C@H](OC(C)=O)[C@@H](NC(=O)COC(C)=O)[C@H]([C@H](OC(C)=O)[C@@H](CNC(=O)c2ccccc2)OC(C)=O)O1. The van der Waals surface area contributed by atoms with E-state index in [2.05, 4.69) is 10.6 Å². The Labute approximate surface area is 293 Å². The number of methoxy groups -OCH3 is 1. The minimum Gasteiger partial charge on any atom is -0.466 e. The van der Waals surface area contributed by atoms with Gasteiger partial charge < -0.3 is 39.1 Å². The lowest BCUT2D eigenvalue weighted by Crippen LogP contribution is -2.68. The Balaban J connectivity index is 2.20. The maximum Gasteiger partial charge on any atom is 0.349 e. The molecule has 1 aliphatic heterocycles. The fourth-order valence-corrected chi connectivity index (χ4v) is 6.40. The first-order valence-corrected chi connectivity index (χ1v) is 16.2. The first-order valence-electron chi connectivity index (χ1n) is 15.4. The van der Waals surface area contributed by atoms with Gasteiger partial charge in [-0.3, -0.25) is 28.8 Å². The Kier molecular flexibility index (Phi) is 14.3. The van der Waals surface area contributed by atoms with Gasteiger partial charge in [0.15, 0.2) is 18.8 Å². The van der Waals surface area contributed by atoms with Crippen LogP contribution in [-0.2, 0) is 57.2 Å². The van der Waals surface area contributed by atoms with Crippen LogP contribution in [0.1, 0.15) is 50.0 Å². The molecular formula is C34H40N2O13S. The van der Waals surface area contributed by atoms with E-state index in [1.54, 1.807) is 54.6 Å². The van der Waals surface area contributed by atoms with Crippen LogP contribution >= 0.6 is 11.8 Å². The van der Waals surface area contributed by atoms with Gasteiger partial charge in [-0.15, -0.1) is 0 Å². The number of amides is 2. The van der Waals surface area contributed by atoms with Gasteiger partial charge in [-0.1, -0.05) is 47.7 Å². The molecule has 2 aromatic carbocycles. The Morgan fingerprint density at radius 3 is 2.08 bits per heavy atom. The number of esters is 5. The van der Waals surface area contributed by atoms with E-state index < -0.39 is 90.2 Å². The topological polar surface area (TPSA) is 199 Å². The van der Waals surface area contributed by atoms with Crippen LogP contribution in [0.3, 0.4) is 0 Å². The molecule has 1 fully saturated rings. The quantitative estimate of drug-likeness (QED) is 0.213. The molecule has 6 atom stereocenters. The van der Waals surface area contributed by atoms with Crippen LogP contribution in [0, 0.1) is 6.92 Å². The number of nitrogens with one attached hydrogen (secondary N) is 2. The summed E-state index contributed by atoms with van der Waals surface area (Å²) in [7, 11) is 1.12. The zero-order chi connectivity index (χ0) is 37.0. The average Bonchev–Trinajstić information content (AvgIpc) is 3.06. The third-order valence-electron chi connectivity index (χ3n) is 7.21. The zero-order valence-corrected chi connectivity index (χ0v) is 29.2. The van der Waals surface area contributed by atoms with Crippen molar-refractivity contribution < 1.29 is 62.0 Å². The van der Waals surface area contributed by atoms with Crippen LogP contribution < -0.4 is 10.6 Å². The number of carbonyl (C=O) groups excluding carboxylic acids is 7. The minimum atomic E-state index is -2.00. The molecule has 0 aliphatic carbocycles. The Bertz CT molecular complexity index is 1550. The van der Waals surface area contributed by atoms with Gasteiger partial charge >= 0.3 is 29.8 Å². The highest BCUT2D eigenvalue weighted by atomic mass is 32.2. The smallest absolute Gasteiger partial charge is 0.349 e. The molecule has 3 rings (SSSR count). The van der Waals surface area contributed by atoms with E-state index >= 15 is 0 Å². The van der Waals surface area contributed by atoms with E-state index in [0.29, 0.717) is 4.90 Å². The molecule has 1 aliphatic rings. The molecule has 15 nitrogen and oxygen atoms in total. The van der Waals surface area contributed by atoms with Gasteiger partial charge in [-0.05, 0) is 31.2 Å². The van der Waals surface area contributed by atoms with E-state index in [9.17, 15) is 33.6 Å². The van der Waals surface area contributed by atoms with Gasteiger partial charge in [0.25, 0.3) is 11.8 Å². The van der Waals surface area contributed by atoms with Crippen molar-refractivity contribution in [2.75, 3.05) is 20.3 Å². The lowest BCUT2D eigenvalue weighted by atomic mass is 9.89. The summed E-state index contributed by atoms with van der Waals surface area (Å²) < 4.78 is 33.4. The highest BCUT2D eigenvalue weighted by Gasteiger charge is 2.59. The third-order valence-corrected chi connectivity index (χ3v) is 8.48. The molecule has 2 amide bonds. The molecule has 1 heterocycles. The molecule has 50 heavy (non-hydrogen) atoms. The molecule has 2 aromatic rings. The number of hydrogen-bond acceptors (Lipinski definition) is 14. The standard InChI is InChI=1S/C34H40N2O13S/c1-19-12-14-25(15-13-19)50-34(33(43)44-6)16-26(46-21(3)38)29(36-28(41)18-45-20(2)37)31(49-34)30(48-23(5)40)27(47-22(4)39)17-35-32(42)24-10-8-7-9-11-24/h7-15,26-27,29-31H,16-18H2,1-6H3,(H,35,42)(H,36,41)/t26-,27+,29+,30+,31+,34+/m0/s1. The van der Waals surface area contributed by atoms with Crippen molar-refractivity contribution in [2.24, 2.45) is 0 Å². The molecule has 0 aromatic heterocycles. The second-order valence-corrected chi connectivity index (χ2v) is 12.6. The van der Waals surface area contributed by atoms with E-state index in [0.717, 1.165) is 52.1 Å². The van der Waals surface area contributed by atoms with Crippen LogP contribution in [0.15, 0.2) is 59.5 Å². The lowest BCUT2D eigenvalue weighted by molar-refractivity contribution is -0.220. The van der Waals surface area contributed by atoms with Gasteiger partial charge in [0.2, 0.25) is 4.93 Å². The largest absolute Gasteiger partial charge is 0.466 e. The number of aryl methyl sites for hydroxylation is 1. The molecule has 0 radical (unpaired) electrons. The minimum absolute atomic E-state index is 0.275. The van der Waals surface area contributed by atoms with Crippen molar-refractivity contribution in [3.63, 3.8) is 0 Å². The monoisotopic (exact) mass is 716 g/mol. The number of thioether (sulfide) groups is 1. The number of carbonyl (C=O) groups is 7. The van der Waals surface area contributed by atoms with Crippen molar-refractivity contribution in [1.29, 1.82) is 0 Å². The highest BCUT2D eigenvalue weighted by molar-refractivity contribution is 8.01. The number of hydrogen-bond donors (Lipinski definition) is 2. The Morgan fingerprint density at radius 2 is 1.52 bits per heavy atom. The van der Waals surface area contributed by atoms with Crippen LogP contribution in [-0.4, -0.2) is 97.3 Å². The summed E-state index contributed by atoms with van der Waals surface area (Å²) in [6.45, 7) is 5.05. The van der Waals surface area contributed by atoms with Crippen LogP contribution in [0.25, 0.3) is 0 Å². The van der Waals surface area contributed by atoms with Crippen LogP contribution in [0.2, 0.25) is 0 Å². The maximum absolute atomic E-state index is 13.7. The van der Waals surface area contributed by atoms with Gasteiger partial charge in [-0.25, -0.2) is 4.79 Å². The van der Waals surface area contributed by atoms with Gasteiger partial charge in [0.1, 0.15) is 12.2 Å². The molecule has 0 unspecified atom stereocenters. The van der Waals surface area contributed by atoms with E-state index in [1.807, 2.05) is 6.92 Å². The maximum atomic E-state index is 13.7. The van der Waals surface area contributed by atoms with Gasteiger partial charge in [0.05, 0.1) is 19.7 Å². The fraction of sp³-hybridized carbons (Fsp3) is 0.441. The van der Waals surface area contributed by atoms with Crippen molar-refractivity contribution in [3.05, 3.63) is 65.7 Å². The second-order valence-electron chi connectivity index (χ2n) is 11.3. The van der Waals surface area contributed by atoms with E-state index in [-0.39, 0.29) is 12.0 Å². The van der Waals surface area contributed by atoms with Crippen molar-refractivity contribution >= 4 is 53.4 Å². The number of benzene rings is 2. The van der Waals surface area contributed by atoms with Crippen molar-refractivity contribution in [1.82, 2.24) is 10.6 Å².